The fourth-order valence-electron chi connectivity index (χ4n) is 4.27. The fourth-order valence-corrected chi connectivity index (χ4v) is 4.27. The predicted octanol–water partition coefficient (Wildman–Crippen LogP) is 2.49. The number of amides is 1. The van der Waals surface area contributed by atoms with Crippen LogP contribution in [0.2, 0.25) is 0 Å². The molecule has 0 aromatic carbocycles. The van der Waals surface area contributed by atoms with Crippen LogP contribution < -0.4 is 10.6 Å². The van der Waals surface area contributed by atoms with Crippen LogP contribution in [0.4, 0.5) is 0 Å². The first-order valence-corrected chi connectivity index (χ1v) is 9.47. The summed E-state index contributed by atoms with van der Waals surface area (Å²) in [5.74, 6) is -0.182. The number of ether oxygens (including phenoxy) is 2. The van der Waals surface area contributed by atoms with Gasteiger partial charge in [0.25, 0.3) is 0 Å². The minimum Gasteiger partial charge on any atom is -0.354 e. The van der Waals surface area contributed by atoms with E-state index in [0.29, 0.717) is 12.1 Å². The van der Waals surface area contributed by atoms with Gasteiger partial charge in [0.1, 0.15) is 0 Å². The van der Waals surface area contributed by atoms with Gasteiger partial charge < -0.3 is 20.1 Å². The summed E-state index contributed by atoms with van der Waals surface area (Å²) in [5, 5.41) is 6.69. The molecule has 1 saturated heterocycles. The average molecular weight is 324 g/mol. The first-order valence-electron chi connectivity index (χ1n) is 9.47. The summed E-state index contributed by atoms with van der Waals surface area (Å²) in [7, 11) is 0. The Morgan fingerprint density at radius 1 is 1.04 bits per heavy atom. The van der Waals surface area contributed by atoms with Crippen molar-refractivity contribution in [2.45, 2.75) is 95.1 Å². The summed E-state index contributed by atoms with van der Waals surface area (Å²) in [4.78, 5) is 11.1. The lowest BCUT2D eigenvalue weighted by molar-refractivity contribution is -0.175. The van der Waals surface area contributed by atoms with E-state index in [-0.39, 0.29) is 17.8 Å². The van der Waals surface area contributed by atoms with Gasteiger partial charge >= 0.3 is 0 Å². The van der Waals surface area contributed by atoms with E-state index in [9.17, 15) is 4.79 Å². The Labute approximate surface area is 139 Å². The van der Waals surface area contributed by atoms with Gasteiger partial charge in [0.15, 0.2) is 5.79 Å². The largest absolute Gasteiger partial charge is 0.354 e. The van der Waals surface area contributed by atoms with Crippen LogP contribution in [0.1, 0.15) is 71.1 Å². The molecule has 0 aromatic rings. The topological polar surface area (TPSA) is 59.6 Å². The van der Waals surface area contributed by atoms with Crippen molar-refractivity contribution in [1.82, 2.24) is 10.6 Å². The summed E-state index contributed by atoms with van der Waals surface area (Å²) in [6, 6.07) is 0.917. The first kappa shape index (κ1) is 17.2. The van der Waals surface area contributed by atoms with Crippen LogP contribution in [-0.2, 0) is 14.3 Å². The van der Waals surface area contributed by atoms with Crippen LogP contribution in [0.3, 0.4) is 0 Å². The maximum atomic E-state index is 11.1. The van der Waals surface area contributed by atoms with Crippen LogP contribution >= 0.6 is 0 Å². The Balaban J connectivity index is 1.36. The van der Waals surface area contributed by atoms with Crippen LogP contribution in [0.25, 0.3) is 0 Å². The fraction of sp³-hybridized carbons (Fsp3) is 0.944. The van der Waals surface area contributed by atoms with Crippen molar-refractivity contribution in [3.05, 3.63) is 0 Å². The molecule has 23 heavy (non-hydrogen) atoms. The molecule has 3 rings (SSSR count). The summed E-state index contributed by atoms with van der Waals surface area (Å²) in [5.41, 5.74) is 0. The highest BCUT2D eigenvalue weighted by molar-refractivity contribution is 5.73. The van der Waals surface area contributed by atoms with Crippen molar-refractivity contribution in [3.63, 3.8) is 0 Å². The van der Waals surface area contributed by atoms with Crippen molar-refractivity contribution in [2.75, 3.05) is 13.2 Å². The Kier molecular flexibility index (Phi) is 5.94. The zero-order valence-electron chi connectivity index (χ0n) is 14.4. The zero-order valence-corrected chi connectivity index (χ0v) is 14.4. The van der Waals surface area contributed by atoms with Gasteiger partial charge in [-0.3, -0.25) is 4.79 Å². The monoisotopic (exact) mass is 324 g/mol. The first-order chi connectivity index (χ1) is 11.2. The van der Waals surface area contributed by atoms with E-state index in [1.54, 1.807) is 6.92 Å². The minimum atomic E-state index is -0.272. The van der Waals surface area contributed by atoms with Crippen LogP contribution in [0.15, 0.2) is 0 Å². The van der Waals surface area contributed by atoms with Crippen molar-refractivity contribution in [2.24, 2.45) is 0 Å². The van der Waals surface area contributed by atoms with E-state index in [1.165, 1.54) is 25.7 Å². The van der Waals surface area contributed by atoms with Gasteiger partial charge in [0.05, 0.1) is 12.7 Å². The number of carbonyl (C=O) groups is 1. The van der Waals surface area contributed by atoms with E-state index in [2.05, 4.69) is 10.6 Å². The minimum absolute atomic E-state index is 0.0895. The summed E-state index contributed by atoms with van der Waals surface area (Å²) >= 11 is 0. The van der Waals surface area contributed by atoms with E-state index < -0.39 is 0 Å². The normalized spacial score (nSPS) is 34.2. The smallest absolute Gasteiger partial charge is 0.217 e. The molecule has 2 saturated carbocycles. The van der Waals surface area contributed by atoms with Crippen LogP contribution in [0.5, 0.6) is 0 Å². The maximum absolute atomic E-state index is 11.1. The Morgan fingerprint density at radius 3 is 2.35 bits per heavy atom. The number of hydrogen-bond donors (Lipinski definition) is 2. The van der Waals surface area contributed by atoms with E-state index >= 15 is 0 Å². The molecule has 0 radical (unpaired) electrons. The van der Waals surface area contributed by atoms with Crippen LogP contribution in [0, 0.1) is 0 Å². The zero-order chi connectivity index (χ0) is 16.1. The Morgan fingerprint density at radius 2 is 1.70 bits per heavy atom. The van der Waals surface area contributed by atoms with E-state index in [0.717, 1.165) is 51.7 Å². The maximum Gasteiger partial charge on any atom is 0.217 e. The molecule has 5 nitrogen and oxygen atoms in total. The lowest BCUT2D eigenvalue weighted by atomic mass is 9.91. The number of hydrogen-bond acceptors (Lipinski definition) is 4. The molecule has 2 N–H and O–H groups in total. The number of carbonyl (C=O) groups excluding carboxylic acids is 1. The summed E-state index contributed by atoms with van der Waals surface area (Å²) in [6.07, 6.45) is 11.8. The van der Waals surface area contributed by atoms with Crippen molar-refractivity contribution < 1.29 is 14.3 Å². The van der Waals surface area contributed by atoms with Crippen molar-refractivity contribution >= 4 is 5.91 Å². The molecular weight excluding hydrogens is 292 g/mol. The standard InChI is InChI=1S/C18H32N2O3/c1-14(21)20-16-8-6-15(7-9-16)19-12-17-13-22-18(23-17)10-4-2-3-5-11-18/h15-17,19H,2-13H2,1H3,(H,20,21)/t15?,16?,17-/m1/s1. The van der Waals surface area contributed by atoms with Gasteiger partial charge in [-0.05, 0) is 38.5 Å². The molecule has 0 unspecified atom stereocenters. The average Bonchev–Trinajstić information content (AvgIpc) is 2.78. The predicted molar refractivity (Wildman–Crippen MR) is 89.1 cm³/mol. The second kappa shape index (κ2) is 7.95. The second-order valence-corrected chi connectivity index (χ2v) is 7.53. The molecule has 1 spiro atoms. The van der Waals surface area contributed by atoms with Gasteiger partial charge in [-0.15, -0.1) is 0 Å². The Bertz CT molecular complexity index is 386. The number of nitrogens with one attached hydrogen (secondary N) is 2. The highest BCUT2D eigenvalue weighted by atomic mass is 16.7. The lowest BCUT2D eigenvalue weighted by Crippen LogP contribution is -2.44. The van der Waals surface area contributed by atoms with Crippen LogP contribution in [-0.4, -0.2) is 43.0 Å². The molecule has 0 aromatic heterocycles. The van der Waals surface area contributed by atoms with Crippen molar-refractivity contribution in [1.29, 1.82) is 0 Å². The van der Waals surface area contributed by atoms with Gasteiger partial charge in [0.2, 0.25) is 5.91 Å². The molecular formula is C18H32N2O3. The van der Waals surface area contributed by atoms with Gasteiger partial charge in [-0.25, -0.2) is 0 Å². The molecule has 1 atom stereocenters. The van der Waals surface area contributed by atoms with Crippen molar-refractivity contribution in [3.8, 4) is 0 Å². The van der Waals surface area contributed by atoms with Gasteiger partial charge in [0, 0.05) is 38.4 Å². The number of rotatable bonds is 4. The second-order valence-electron chi connectivity index (χ2n) is 7.53. The Hall–Kier alpha value is -0.650. The quantitative estimate of drug-likeness (QED) is 0.834. The molecule has 5 heteroatoms. The third-order valence-electron chi connectivity index (χ3n) is 5.55. The molecule has 2 aliphatic carbocycles. The molecule has 1 aliphatic heterocycles. The molecule has 132 valence electrons. The molecule has 1 heterocycles. The van der Waals surface area contributed by atoms with Gasteiger partial charge in [-0.1, -0.05) is 12.8 Å². The van der Waals surface area contributed by atoms with Gasteiger partial charge in [-0.2, -0.15) is 0 Å². The molecule has 0 bridgehead atoms. The third-order valence-corrected chi connectivity index (χ3v) is 5.55. The summed E-state index contributed by atoms with van der Waals surface area (Å²) in [6.45, 7) is 3.22. The highest BCUT2D eigenvalue weighted by Crippen LogP contribution is 2.36. The van der Waals surface area contributed by atoms with E-state index in [1.807, 2.05) is 0 Å². The highest BCUT2D eigenvalue weighted by Gasteiger charge is 2.41. The molecule has 3 fully saturated rings. The van der Waals surface area contributed by atoms with E-state index in [4.69, 9.17) is 9.47 Å². The molecule has 1 amide bonds. The SMILES string of the molecule is CC(=O)NC1CCC(NC[C@@H]2COC3(CCCCCC3)O2)CC1. The molecule has 3 aliphatic rings. The third kappa shape index (κ3) is 4.91. The summed E-state index contributed by atoms with van der Waals surface area (Å²) < 4.78 is 12.4. The lowest BCUT2D eigenvalue weighted by Gasteiger charge is -2.30.